The number of carbonyl (C=O) groups is 1. The number of fused-ring (bicyclic) bond motifs is 4. The quantitative estimate of drug-likeness (QED) is 0.0963. The second kappa shape index (κ2) is 15.5. The number of rotatable bonds is 11. The average Bonchev–Trinajstić information content (AvgIpc) is 3.73. The normalized spacial score (nSPS) is 15.0. The van der Waals surface area contributed by atoms with Gasteiger partial charge in [-0.1, -0.05) is 50.0 Å². The summed E-state index contributed by atoms with van der Waals surface area (Å²) >= 11 is 13.7. The summed E-state index contributed by atoms with van der Waals surface area (Å²) in [5.41, 5.74) is 12.8. The van der Waals surface area contributed by atoms with Crippen LogP contribution in [0, 0.1) is 41.5 Å². The van der Waals surface area contributed by atoms with Gasteiger partial charge in [0.05, 0.1) is 40.7 Å². The van der Waals surface area contributed by atoms with Gasteiger partial charge in [-0.25, -0.2) is 0 Å². The van der Waals surface area contributed by atoms with Crippen LogP contribution in [0.1, 0.15) is 90.0 Å². The first-order chi connectivity index (χ1) is 27.2. The van der Waals surface area contributed by atoms with E-state index >= 15 is 4.79 Å². The van der Waals surface area contributed by atoms with Crippen molar-refractivity contribution in [2.45, 2.75) is 113 Å². The Kier molecular flexibility index (Phi) is 11.3. The molecule has 3 aromatic heterocycles. The van der Waals surface area contributed by atoms with Crippen LogP contribution in [0.3, 0.4) is 0 Å². The Morgan fingerprint density at radius 1 is 0.914 bits per heavy atom. The van der Waals surface area contributed by atoms with E-state index < -0.39 is 8.32 Å². The molecule has 8 nitrogen and oxygen atoms in total. The second-order valence-electron chi connectivity index (χ2n) is 18.0. The summed E-state index contributed by atoms with van der Waals surface area (Å²) in [5, 5.41) is 8.47. The molecule has 3 aromatic carbocycles. The predicted molar refractivity (Wildman–Crippen MR) is 244 cm³/mol. The molecule has 0 spiro atoms. The van der Waals surface area contributed by atoms with E-state index in [2.05, 4.69) is 95.0 Å². The molecule has 1 aliphatic heterocycles. The second-order valence-corrected chi connectivity index (χ2v) is 23.6. The van der Waals surface area contributed by atoms with Gasteiger partial charge in [0.15, 0.2) is 8.32 Å². The molecule has 0 fully saturated rings. The first kappa shape index (κ1) is 42.1. The van der Waals surface area contributed by atoms with Crippen LogP contribution in [-0.2, 0) is 24.4 Å². The molecule has 0 unspecified atom stereocenters. The molecule has 7 rings (SSSR count). The van der Waals surface area contributed by atoms with E-state index in [0.29, 0.717) is 49.9 Å². The third kappa shape index (κ3) is 7.31. The Labute approximate surface area is 355 Å². The van der Waals surface area contributed by atoms with Gasteiger partial charge in [-0.15, -0.1) is 0 Å². The summed E-state index contributed by atoms with van der Waals surface area (Å²) in [6.45, 7) is 28.3. The van der Waals surface area contributed by atoms with Crippen molar-refractivity contribution in [1.82, 2.24) is 18.9 Å². The van der Waals surface area contributed by atoms with Crippen molar-refractivity contribution in [3.05, 3.63) is 97.5 Å². The van der Waals surface area contributed by atoms with Crippen molar-refractivity contribution >= 4 is 64.9 Å². The van der Waals surface area contributed by atoms with Gasteiger partial charge >= 0.3 is 0 Å². The topological polar surface area (TPSA) is 66.5 Å². The zero-order valence-corrected chi connectivity index (χ0v) is 39.1. The summed E-state index contributed by atoms with van der Waals surface area (Å²) in [7, 11) is 0.0143. The molecular formula is C47H59Cl2N5O3Si. The van der Waals surface area contributed by atoms with Gasteiger partial charge in [-0.05, 0) is 138 Å². The van der Waals surface area contributed by atoms with Crippen molar-refractivity contribution in [3.8, 4) is 16.9 Å². The Morgan fingerprint density at radius 3 is 2.24 bits per heavy atom. The lowest BCUT2D eigenvalue weighted by Crippen LogP contribution is -2.43. The van der Waals surface area contributed by atoms with Crippen molar-refractivity contribution in [3.63, 3.8) is 0 Å². The molecule has 0 bridgehead atoms. The fourth-order valence-electron chi connectivity index (χ4n) is 8.71. The lowest BCUT2D eigenvalue weighted by molar-refractivity contribution is 0.0957. The van der Waals surface area contributed by atoms with Crippen LogP contribution in [-0.4, -0.2) is 52.9 Å². The maximum Gasteiger partial charge on any atom is 0.275 e. The minimum Gasteiger partial charge on any atom is -0.494 e. The fraction of sp³-hybridized carbons (Fsp3) is 0.447. The van der Waals surface area contributed by atoms with E-state index in [0.717, 1.165) is 88.7 Å². The predicted octanol–water partition coefficient (Wildman–Crippen LogP) is 12.4. The van der Waals surface area contributed by atoms with Gasteiger partial charge in [0.2, 0.25) is 0 Å². The maximum absolute atomic E-state index is 15.5. The van der Waals surface area contributed by atoms with E-state index in [1.165, 1.54) is 0 Å². The average molecular weight is 841 g/mol. The Balaban J connectivity index is 1.35. The van der Waals surface area contributed by atoms with Crippen LogP contribution in [0.15, 0.2) is 42.5 Å². The minimum atomic E-state index is -1.95. The highest BCUT2D eigenvalue weighted by Gasteiger charge is 2.39. The van der Waals surface area contributed by atoms with Crippen LogP contribution >= 0.6 is 23.2 Å². The largest absolute Gasteiger partial charge is 0.494 e. The van der Waals surface area contributed by atoms with E-state index in [9.17, 15) is 0 Å². The number of anilines is 1. The summed E-state index contributed by atoms with van der Waals surface area (Å²) < 4.78 is 19.5. The third-order valence-corrected chi connectivity index (χ3v) is 18.2. The minimum absolute atomic E-state index is 0.00861. The molecular weight excluding hydrogens is 782 g/mol. The lowest BCUT2D eigenvalue weighted by Gasteiger charge is -2.36. The number of aromatic nitrogens is 4. The number of aryl methyl sites for hydroxylation is 7. The number of amides is 1. The highest BCUT2D eigenvalue weighted by atomic mass is 35.5. The summed E-state index contributed by atoms with van der Waals surface area (Å²) in [4.78, 5) is 17.5. The van der Waals surface area contributed by atoms with Crippen molar-refractivity contribution < 1.29 is 14.0 Å². The molecule has 308 valence electrons. The monoisotopic (exact) mass is 839 g/mol. The van der Waals surface area contributed by atoms with Crippen LogP contribution in [0.2, 0.25) is 28.2 Å². The Hall–Kier alpha value is -4.02. The van der Waals surface area contributed by atoms with Crippen LogP contribution in [0.4, 0.5) is 5.69 Å². The summed E-state index contributed by atoms with van der Waals surface area (Å²) in [6, 6.07) is 14.7. The smallest absolute Gasteiger partial charge is 0.275 e. The molecule has 0 saturated carbocycles. The SMILES string of the molecule is Cc1cc(N2C[C@@H](C)n3c(c(CCCOc4cc(C)c(Cl)c(C)c4)c4ccc(Cl)c(-c5c(C)nn(C)c5C)c43)C2=O)c2c(c1)cc(C)n2CCO[Si](C)(C)C(C)(C)C. The van der Waals surface area contributed by atoms with E-state index in [-0.39, 0.29) is 17.0 Å². The molecule has 6 aromatic rings. The molecule has 0 aliphatic carbocycles. The Bertz CT molecular complexity index is 2570. The number of hydrogen-bond donors (Lipinski definition) is 0. The highest BCUT2D eigenvalue weighted by molar-refractivity contribution is 6.74. The number of benzene rings is 3. The number of nitrogens with zero attached hydrogens (tertiary/aromatic N) is 5. The van der Waals surface area contributed by atoms with Gasteiger partial charge < -0.3 is 23.2 Å². The molecule has 1 amide bonds. The van der Waals surface area contributed by atoms with Gasteiger partial charge in [-0.3, -0.25) is 9.48 Å². The van der Waals surface area contributed by atoms with Gasteiger partial charge in [-0.2, -0.15) is 5.10 Å². The zero-order chi connectivity index (χ0) is 42.2. The van der Waals surface area contributed by atoms with Gasteiger partial charge in [0.25, 0.3) is 5.91 Å². The van der Waals surface area contributed by atoms with Crippen LogP contribution in [0.25, 0.3) is 32.9 Å². The Morgan fingerprint density at radius 2 is 1.60 bits per heavy atom. The standard InChI is InChI=1S/C47H59Cl2N5O3Si/c1-27-21-34-25-30(4)52(18-20-57-58(12,13)47(8,9)10)43(34)39(22-27)53-26-31(5)54-44-37(16-17-38(48)41(44)40-32(6)50-51(11)33(40)7)36(45(54)46(53)55)15-14-19-56-35-23-28(2)42(49)29(3)24-35/h16-17,21-25,31H,14-15,18-20,26H2,1-13H3/t31-/m1/s1. The van der Waals surface area contributed by atoms with Crippen molar-refractivity contribution in [1.29, 1.82) is 0 Å². The molecule has 11 heteroatoms. The molecule has 4 heterocycles. The molecule has 58 heavy (non-hydrogen) atoms. The van der Waals surface area contributed by atoms with Crippen molar-refractivity contribution in [2.75, 3.05) is 24.7 Å². The lowest BCUT2D eigenvalue weighted by atomic mass is 9.98. The number of ether oxygens (including phenoxy) is 1. The molecule has 1 aliphatic rings. The third-order valence-electron chi connectivity index (χ3n) is 12.8. The number of hydrogen-bond acceptors (Lipinski definition) is 4. The van der Waals surface area contributed by atoms with E-state index in [4.69, 9.17) is 37.5 Å². The first-order valence-corrected chi connectivity index (χ1v) is 24.2. The molecule has 0 radical (unpaired) electrons. The fourth-order valence-corrected chi connectivity index (χ4v) is 10.1. The summed E-state index contributed by atoms with van der Waals surface area (Å²) in [5.74, 6) is 0.790. The number of carbonyl (C=O) groups excluding carboxylic acids is 1. The zero-order valence-electron chi connectivity index (χ0n) is 36.6. The van der Waals surface area contributed by atoms with E-state index in [1.54, 1.807) is 0 Å². The van der Waals surface area contributed by atoms with Gasteiger partial charge in [0.1, 0.15) is 11.4 Å². The maximum atomic E-state index is 15.5. The van der Waals surface area contributed by atoms with Gasteiger partial charge in [0, 0.05) is 64.5 Å². The molecule has 0 saturated heterocycles. The number of halogens is 2. The molecule has 1 atom stereocenters. The molecule has 0 N–H and O–H groups in total. The highest BCUT2D eigenvalue weighted by Crippen LogP contribution is 2.46. The van der Waals surface area contributed by atoms with Crippen molar-refractivity contribution in [2.24, 2.45) is 7.05 Å². The van der Waals surface area contributed by atoms with Crippen LogP contribution < -0.4 is 9.64 Å². The first-order valence-electron chi connectivity index (χ1n) is 20.5. The van der Waals surface area contributed by atoms with E-state index in [1.807, 2.05) is 55.6 Å². The van der Waals surface area contributed by atoms with Crippen LogP contribution in [0.5, 0.6) is 5.75 Å². The summed E-state index contributed by atoms with van der Waals surface area (Å²) in [6.07, 6.45) is 1.36.